The van der Waals surface area contributed by atoms with Crippen LogP contribution < -0.4 is 25.0 Å². The highest BCUT2D eigenvalue weighted by atomic mass is 16.5. The van der Waals surface area contributed by atoms with Crippen LogP contribution in [0.5, 0.6) is 17.2 Å². The third-order valence-corrected chi connectivity index (χ3v) is 7.31. The molecule has 4 aromatic carbocycles. The Labute approximate surface area is 258 Å². The molecule has 1 heterocycles. The summed E-state index contributed by atoms with van der Waals surface area (Å²) in [4.78, 5) is 30.8. The number of methoxy groups -OCH3 is 1. The quantitative estimate of drug-likeness (QED) is 0.226. The van der Waals surface area contributed by atoms with Crippen LogP contribution >= 0.6 is 0 Å². The van der Waals surface area contributed by atoms with Crippen molar-refractivity contribution in [2.24, 2.45) is 0 Å². The molecule has 1 fully saturated rings. The Morgan fingerprint density at radius 1 is 0.773 bits per heavy atom. The third kappa shape index (κ3) is 9.07. The van der Waals surface area contributed by atoms with Crippen LogP contribution in [0.15, 0.2) is 109 Å². The van der Waals surface area contributed by atoms with E-state index >= 15 is 0 Å². The van der Waals surface area contributed by atoms with Crippen LogP contribution in [0.3, 0.4) is 0 Å². The number of rotatable bonds is 13. The van der Waals surface area contributed by atoms with Crippen molar-refractivity contribution in [1.29, 1.82) is 0 Å². The van der Waals surface area contributed by atoms with Crippen LogP contribution in [0.25, 0.3) is 0 Å². The van der Waals surface area contributed by atoms with Gasteiger partial charge in [0.25, 0.3) is 0 Å². The summed E-state index contributed by atoms with van der Waals surface area (Å²) >= 11 is 0. The second-order valence-corrected chi connectivity index (χ2v) is 10.5. The summed E-state index contributed by atoms with van der Waals surface area (Å²) in [5.41, 5.74) is 2.67. The maximum atomic E-state index is 13.3. The Kier molecular flexibility index (Phi) is 10.8. The topological polar surface area (TPSA) is 92.4 Å². The van der Waals surface area contributed by atoms with Gasteiger partial charge < -0.3 is 29.7 Å². The highest BCUT2D eigenvalue weighted by molar-refractivity contribution is 5.97. The molecule has 1 unspecified atom stereocenters. The summed E-state index contributed by atoms with van der Waals surface area (Å²) in [6.07, 6.45) is 0. The summed E-state index contributed by atoms with van der Waals surface area (Å²) < 4.78 is 17.1. The van der Waals surface area contributed by atoms with Crippen molar-refractivity contribution < 1.29 is 23.8 Å². The van der Waals surface area contributed by atoms with Gasteiger partial charge in [0.1, 0.15) is 23.3 Å². The number of nitrogens with zero attached hydrogens (tertiary/aromatic N) is 2. The predicted octanol–water partition coefficient (Wildman–Crippen LogP) is 4.95. The SMILES string of the molecule is COc1cccc(N2CCN(CC(=O)NC(COCc3ccccc3)C(=O)Nc3ccc(Oc4ccccc4)cc3)CC2)c1. The molecule has 0 aromatic heterocycles. The van der Waals surface area contributed by atoms with Gasteiger partial charge in [-0.1, -0.05) is 54.6 Å². The fraction of sp³-hybridized carbons (Fsp3) is 0.257. The minimum absolute atomic E-state index is 0.0330. The van der Waals surface area contributed by atoms with Crippen LogP contribution in [-0.4, -0.2) is 69.2 Å². The molecule has 44 heavy (non-hydrogen) atoms. The highest BCUT2D eigenvalue weighted by Crippen LogP contribution is 2.23. The molecule has 0 aliphatic carbocycles. The van der Waals surface area contributed by atoms with E-state index in [1.54, 1.807) is 31.4 Å². The molecule has 1 aliphatic rings. The lowest BCUT2D eigenvalue weighted by atomic mass is 10.2. The minimum atomic E-state index is -0.871. The average molecular weight is 595 g/mol. The van der Waals surface area contributed by atoms with Crippen LogP contribution in [0, 0.1) is 0 Å². The first kappa shape index (κ1) is 30.6. The van der Waals surface area contributed by atoms with Gasteiger partial charge in [0.15, 0.2) is 0 Å². The summed E-state index contributed by atoms with van der Waals surface area (Å²) in [6, 6.07) is 33.4. The van der Waals surface area contributed by atoms with Gasteiger partial charge in [-0.25, -0.2) is 0 Å². The van der Waals surface area contributed by atoms with Crippen LogP contribution in [0.4, 0.5) is 11.4 Å². The van der Waals surface area contributed by atoms with Gasteiger partial charge in [0.05, 0.1) is 26.9 Å². The number of hydrogen-bond acceptors (Lipinski definition) is 7. The van der Waals surface area contributed by atoms with Crippen molar-refractivity contribution in [3.8, 4) is 17.2 Å². The van der Waals surface area contributed by atoms with Gasteiger partial charge in [-0.3, -0.25) is 14.5 Å². The fourth-order valence-electron chi connectivity index (χ4n) is 4.93. The summed E-state index contributed by atoms with van der Waals surface area (Å²) in [6.45, 7) is 3.58. The second-order valence-electron chi connectivity index (χ2n) is 10.5. The number of ether oxygens (including phenoxy) is 3. The molecule has 2 amide bonds. The summed E-state index contributed by atoms with van der Waals surface area (Å²) in [5.74, 6) is 1.61. The predicted molar refractivity (Wildman–Crippen MR) is 171 cm³/mol. The molecule has 9 heteroatoms. The molecule has 228 valence electrons. The number of hydrogen-bond donors (Lipinski definition) is 2. The van der Waals surface area contributed by atoms with E-state index in [4.69, 9.17) is 14.2 Å². The van der Waals surface area contributed by atoms with E-state index in [0.717, 1.165) is 48.9 Å². The summed E-state index contributed by atoms with van der Waals surface area (Å²) in [5, 5.41) is 5.80. The lowest BCUT2D eigenvalue weighted by Crippen LogP contribution is -2.53. The number of para-hydroxylation sites is 1. The van der Waals surface area contributed by atoms with E-state index in [2.05, 4.69) is 26.5 Å². The Bertz CT molecular complexity index is 1480. The lowest BCUT2D eigenvalue weighted by Gasteiger charge is -2.36. The molecule has 0 saturated carbocycles. The normalized spacial score (nSPS) is 14.0. The molecule has 1 atom stereocenters. The number of nitrogens with one attached hydrogen (secondary N) is 2. The van der Waals surface area contributed by atoms with Crippen molar-refractivity contribution >= 4 is 23.2 Å². The monoisotopic (exact) mass is 594 g/mol. The van der Waals surface area contributed by atoms with E-state index in [0.29, 0.717) is 18.0 Å². The molecular formula is C35H38N4O5. The largest absolute Gasteiger partial charge is 0.497 e. The third-order valence-electron chi connectivity index (χ3n) is 7.31. The molecular weight excluding hydrogens is 556 g/mol. The molecule has 5 rings (SSSR count). The number of carbonyl (C=O) groups is 2. The van der Waals surface area contributed by atoms with Gasteiger partial charge >= 0.3 is 0 Å². The van der Waals surface area contributed by atoms with Crippen molar-refractivity contribution in [2.45, 2.75) is 12.6 Å². The zero-order valence-corrected chi connectivity index (χ0v) is 24.9. The van der Waals surface area contributed by atoms with Gasteiger partial charge in [-0.05, 0) is 54.1 Å². The van der Waals surface area contributed by atoms with Crippen molar-refractivity contribution in [1.82, 2.24) is 10.2 Å². The van der Waals surface area contributed by atoms with Gasteiger partial charge in [0, 0.05) is 43.6 Å². The van der Waals surface area contributed by atoms with Gasteiger partial charge in [0.2, 0.25) is 11.8 Å². The number of carbonyl (C=O) groups excluding carboxylic acids is 2. The molecule has 1 aliphatic heterocycles. The van der Waals surface area contributed by atoms with E-state index in [1.165, 1.54) is 0 Å². The maximum absolute atomic E-state index is 13.3. The molecule has 0 radical (unpaired) electrons. The first-order valence-corrected chi connectivity index (χ1v) is 14.7. The molecule has 0 spiro atoms. The molecule has 1 saturated heterocycles. The zero-order chi connectivity index (χ0) is 30.6. The number of piperazine rings is 1. The van der Waals surface area contributed by atoms with Gasteiger partial charge in [-0.2, -0.15) is 0 Å². The first-order chi connectivity index (χ1) is 21.6. The van der Waals surface area contributed by atoms with Crippen molar-refractivity contribution in [3.05, 3.63) is 115 Å². The number of anilines is 2. The van der Waals surface area contributed by atoms with Crippen LogP contribution in [0.2, 0.25) is 0 Å². The standard InChI is InChI=1S/C35H38N4O5/c1-42-32-14-8-11-29(23-32)39-21-19-38(20-22-39)24-34(40)37-33(26-43-25-27-9-4-2-5-10-27)35(41)36-28-15-17-31(18-16-28)44-30-12-6-3-7-13-30/h2-18,23,33H,19-22,24-26H2,1H3,(H,36,41)(H,37,40). The minimum Gasteiger partial charge on any atom is -0.497 e. The zero-order valence-electron chi connectivity index (χ0n) is 24.9. The Hall–Kier alpha value is -4.86. The Morgan fingerprint density at radius 3 is 2.14 bits per heavy atom. The fourth-order valence-corrected chi connectivity index (χ4v) is 4.93. The van der Waals surface area contributed by atoms with Crippen LogP contribution in [-0.2, 0) is 20.9 Å². The average Bonchev–Trinajstić information content (AvgIpc) is 3.06. The maximum Gasteiger partial charge on any atom is 0.249 e. The number of benzene rings is 4. The van der Waals surface area contributed by atoms with E-state index in [1.807, 2.05) is 78.9 Å². The van der Waals surface area contributed by atoms with Crippen LogP contribution in [0.1, 0.15) is 5.56 Å². The summed E-state index contributed by atoms with van der Waals surface area (Å²) in [7, 11) is 1.66. The smallest absolute Gasteiger partial charge is 0.249 e. The Morgan fingerprint density at radius 2 is 1.43 bits per heavy atom. The first-order valence-electron chi connectivity index (χ1n) is 14.7. The van der Waals surface area contributed by atoms with E-state index < -0.39 is 6.04 Å². The van der Waals surface area contributed by atoms with Crippen molar-refractivity contribution in [3.63, 3.8) is 0 Å². The molecule has 0 bridgehead atoms. The van der Waals surface area contributed by atoms with Crippen molar-refractivity contribution in [2.75, 3.05) is 56.7 Å². The lowest BCUT2D eigenvalue weighted by molar-refractivity contribution is -0.128. The van der Waals surface area contributed by atoms with E-state index in [9.17, 15) is 9.59 Å². The van der Waals surface area contributed by atoms with Gasteiger partial charge in [-0.15, -0.1) is 0 Å². The molecule has 9 nitrogen and oxygen atoms in total. The number of amides is 2. The Balaban J connectivity index is 1.15. The molecule has 4 aromatic rings. The van der Waals surface area contributed by atoms with E-state index in [-0.39, 0.29) is 25.0 Å². The highest BCUT2D eigenvalue weighted by Gasteiger charge is 2.24. The second kappa shape index (κ2) is 15.6. The molecule has 2 N–H and O–H groups in total.